The third-order valence-electron chi connectivity index (χ3n) is 2.29. The van der Waals surface area contributed by atoms with Crippen LogP contribution >= 0.6 is 15.9 Å². The molecule has 4 heteroatoms. The Labute approximate surface area is 104 Å². The summed E-state index contributed by atoms with van der Waals surface area (Å²) in [5.41, 5.74) is 1.66. The molecule has 0 radical (unpaired) electrons. The number of hydrogen-bond acceptors (Lipinski definition) is 3. The van der Waals surface area contributed by atoms with Gasteiger partial charge in [0.15, 0.2) is 0 Å². The Kier molecular flexibility index (Phi) is 4.82. The average Bonchev–Trinajstić information content (AvgIpc) is 2.31. The molecule has 0 amide bonds. The zero-order valence-electron chi connectivity index (χ0n) is 9.07. The number of rotatable bonds is 4. The van der Waals surface area contributed by atoms with Crippen molar-refractivity contribution in [3.05, 3.63) is 28.2 Å². The molecular formula is C12H12BrN3. The summed E-state index contributed by atoms with van der Waals surface area (Å²) in [6.07, 6.45) is 0.500. The van der Waals surface area contributed by atoms with E-state index in [1.54, 1.807) is 12.1 Å². The standard InChI is InChI=1S/C12H12BrN3/c1-2-16(7-3-6-14)12-5-4-10(9-15)8-11(12)13/h4-5,8H,2-3,7H2,1H3. The first kappa shape index (κ1) is 12.5. The van der Waals surface area contributed by atoms with Crippen molar-refractivity contribution in [3.63, 3.8) is 0 Å². The highest BCUT2D eigenvalue weighted by Crippen LogP contribution is 2.27. The topological polar surface area (TPSA) is 50.8 Å². The van der Waals surface area contributed by atoms with Crippen LogP contribution in [0.25, 0.3) is 0 Å². The number of nitriles is 2. The lowest BCUT2D eigenvalue weighted by Crippen LogP contribution is -2.23. The summed E-state index contributed by atoms with van der Waals surface area (Å²) < 4.78 is 0.895. The summed E-state index contributed by atoms with van der Waals surface area (Å²) in [7, 11) is 0. The van der Waals surface area contributed by atoms with Gasteiger partial charge in [0.1, 0.15) is 0 Å². The molecular weight excluding hydrogens is 266 g/mol. The van der Waals surface area contributed by atoms with E-state index in [4.69, 9.17) is 10.5 Å². The van der Waals surface area contributed by atoms with Crippen LogP contribution < -0.4 is 4.90 Å². The third kappa shape index (κ3) is 2.98. The van der Waals surface area contributed by atoms with Crippen LogP contribution in [0.15, 0.2) is 22.7 Å². The van der Waals surface area contributed by atoms with E-state index in [-0.39, 0.29) is 0 Å². The Morgan fingerprint density at radius 3 is 2.62 bits per heavy atom. The van der Waals surface area contributed by atoms with Crippen molar-refractivity contribution in [1.29, 1.82) is 10.5 Å². The van der Waals surface area contributed by atoms with Gasteiger partial charge < -0.3 is 4.90 Å². The van der Waals surface area contributed by atoms with Crippen LogP contribution in [0.4, 0.5) is 5.69 Å². The first-order chi connectivity index (χ1) is 7.72. The van der Waals surface area contributed by atoms with E-state index >= 15 is 0 Å². The van der Waals surface area contributed by atoms with E-state index in [2.05, 4.69) is 33.0 Å². The highest BCUT2D eigenvalue weighted by molar-refractivity contribution is 9.10. The van der Waals surface area contributed by atoms with Crippen LogP contribution in [0.3, 0.4) is 0 Å². The fourth-order valence-electron chi connectivity index (χ4n) is 1.47. The number of hydrogen-bond donors (Lipinski definition) is 0. The molecule has 0 aliphatic carbocycles. The maximum absolute atomic E-state index is 8.76. The second kappa shape index (κ2) is 6.15. The summed E-state index contributed by atoms with van der Waals surface area (Å²) in [6, 6.07) is 9.72. The zero-order valence-corrected chi connectivity index (χ0v) is 10.7. The molecule has 0 fully saturated rings. The number of anilines is 1. The minimum atomic E-state index is 0.500. The van der Waals surface area contributed by atoms with Crippen LogP contribution in [0.1, 0.15) is 18.9 Å². The zero-order chi connectivity index (χ0) is 12.0. The van der Waals surface area contributed by atoms with E-state index in [0.29, 0.717) is 18.5 Å². The summed E-state index contributed by atoms with van der Waals surface area (Å²) in [5.74, 6) is 0. The van der Waals surface area contributed by atoms with Gasteiger partial charge in [0.2, 0.25) is 0 Å². The molecule has 0 heterocycles. The van der Waals surface area contributed by atoms with Crippen LogP contribution in [-0.2, 0) is 0 Å². The van der Waals surface area contributed by atoms with Crippen LogP contribution in [-0.4, -0.2) is 13.1 Å². The molecule has 3 nitrogen and oxygen atoms in total. The highest BCUT2D eigenvalue weighted by Gasteiger charge is 2.08. The molecule has 0 aliphatic rings. The van der Waals surface area contributed by atoms with Crippen molar-refractivity contribution in [2.75, 3.05) is 18.0 Å². The lowest BCUT2D eigenvalue weighted by Gasteiger charge is -2.23. The van der Waals surface area contributed by atoms with Gasteiger partial charge in [0, 0.05) is 17.6 Å². The average molecular weight is 278 g/mol. The Hall–Kier alpha value is -1.52. The van der Waals surface area contributed by atoms with Gasteiger partial charge in [-0.05, 0) is 41.1 Å². The van der Waals surface area contributed by atoms with Gasteiger partial charge in [0.05, 0.1) is 29.8 Å². The Balaban J connectivity index is 2.94. The van der Waals surface area contributed by atoms with Crippen molar-refractivity contribution in [3.8, 4) is 12.1 Å². The van der Waals surface area contributed by atoms with E-state index in [1.807, 2.05) is 13.0 Å². The van der Waals surface area contributed by atoms with Crippen molar-refractivity contribution >= 4 is 21.6 Å². The molecule has 1 rings (SSSR count). The molecule has 0 unspecified atom stereocenters. The Bertz CT molecular complexity index is 443. The lowest BCUT2D eigenvalue weighted by molar-refractivity contribution is 0.825. The van der Waals surface area contributed by atoms with Gasteiger partial charge in [-0.2, -0.15) is 10.5 Å². The lowest BCUT2D eigenvalue weighted by atomic mass is 10.2. The molecule has 82 valence electrons. The second-order valence-electron chi connectivity index (χ2n) is 3.27. The second-order valence-corrected chi connectivity index (χ2v) is 4.12. The largest absolute Gasteiger partial charge is 0.370 e. The summed E-state index contributed by atoms with van der Waals surface area (Å²) in [4.78, 5) is 2.11. The quantitative estimate of drug-likeness (QED) is 0.850. The molecule has 0 aromatic heterocycles. The summed E-state index contributed by atoms with van der Waals surface area (Å²) in [5, 5.41) is 17.3. The fourth-order valence-corrected chi connectivity index (χ4v) is 2.10. The monoisotopic (exact) mass is 277 g/mol. The molecule has 0 aliphatic heterocycles. The molecule has 0 N–H and O–H groups in total. The van der Waals surface area contributed by atoms with Crippen molar-refractivity contribution in [1.82, 2.24) is 0 Å². The van der Waals surface area contributed by atoms with E-state index in [9.17, 15) is 0 Å². The highest BCUT2D eigenvalue weighted by atomic mass is 79.9. The normalized spacial score (nSPS) is 9.25. The maximum atomic E-state index is 8.76. The molecule has 0 spiro atoms. The first-order valence-corrected chi connectivity index (χ1v) is 5.83. The van der Waals surface area contributed by atoms with E-state index in [1.165, 1.54) is 0 Å². The van der Waals surface area contributed by atoms with Gasteiger partial charge in [0.25, 0.3) is 0 Å². The van der Waals surface area contributed by atoms with E-state index in [0.717, 1.165) is 16.7 Å². The van der Waals surface area contributed by atoms with Crippen molar-refractivity contribution in [2.45, 2.75) is 13.3 Å². The molecule has 0 bridgehead atoms. The maximum Gasteiger partial charge on any atom is 0.0992 e. The SMILES string of the molecule is CCN(CCC#N)c1ccc(C#N)cc1Br. The molecule has 0 atom stereocenters. The van der Waals surface area contributed by atoms with Crippen LogP contribution in [0, 0.1) is 22.7 Å². The molecule has 0 saturated carbocycles. The first-order valence-electron chi connectivity index (χ1n) is 5.04. The summed E-state index contributed by atoms with van der Waals surface area (Å²) in [6.45, 7) is 3.59. The van der Waals surface area contributed by atoms with Crippen molar-refractivity contribution in [2.24, 2.45) is 0 Å². The van der Waals surface area contributed by atoms with Gasteiger partial charge >= 0.3 is 0 Å². The summed E-state index contributed by atoms with van der Waals surface area (Å²) >= 11 is 3.45. The predicted octanol–water partition coefficient (Wildman–Crippen LogP) is 3.06. The Morgan fingerprint density at radius 1 is 1.38 bits per heavy atom. The minimum absolute atomic E-state index is 0.500. The molecule has 0 saturated heterocycles. The third-order valence-corrected chi connectivity index (χ3v) is 2.93. The van der Waals surface area contributed by atoms with Crippen molar-refractivity contribution < 1.29 is 0 Å². The minimum Gasteiger partial charge on any atom is -0.370 e. The molecule has 16 heavy (non-hydrogen) atoms. The predicted molar refractivity (Wildman–Crippen MR) is 67.0 cm³/mol. The number of benzene rings is 1. The number of halogens is 1. The van der Waals surface area contributed by atoms with E-state index < -0.39 is 0 Å². The van der Waals surface area contributed by atoms with Gasteiger partial charge in [-0.3, -0.25) is 0 Å². The molecule has 1 aromatic carbocycles. The van der Waals surface area contributed by atoms with Gasteiger partial charge in [-0.15, -0.1) is 0 Å². The Morgan fingerprint density at radius 2 is 2.12 bits per heavy atom. The van der Waals surface area contributed by atoms with Gasteiger partial charge in [-0.25, -0.2) is 0 Å². The van der Waals surface area contributed by atoms with Crippen LogP contribution in [0.2, 0.25) is 0 Å². The molecule has 1 aromatic rings. The fraction of sp³-hybridized carbons (Fsp3) is 0.333. The van der Waals surface area contributed by atoms with Crippen LogP contribution in [0.5, 0.6) is 0 Å². The smallest absolute Gasteiger partial charge is 0.0992 e. The number of nitrogens with zero attached hydrogens (tertiary/aromatic N) is 3. The van der Waals surface area contributed by atoms with Gasteiger partial charge in [-0.1, -0.05) is 0 Å².